The Hall–Kier alpha value is -3.87. The summed E-state index contributed by atoms with van der Waals surface area (Å²) in [7, 11) is 1.64. The molecule has 5 aromatic rings. The van der Waals surface area contributed by atoms with Gasteiger partial charge in [0.15, 0.2) is 0 Å². The van der Waals surface area contributed by atoms with E-state index in [4.69, 9.17) is 27.1 Å². The number of hydrogen-bond donors (Lipinski definition) is 2. The number of nitrogens with one attached hydrogen (secondary N) is 1. The SMILES string of the molecule is COc1ccc(-c2cc(-c3ccccc3)nc3sc(C(=O)NCc4ccccc4Cl)c(N)c23)cc1. The summed E-state index contributed by atoms with van der Waals surface area (Å²) in [6.07, 6.45) is 0. The molecule has 0 saturated heterocycles. The van der Waals surface area contributed by atoms with E-state index >= 15 is 0 Å². The molecule has 174 valence electrons. The molecule has 0 aliphatic carbocycles. The van der Waals surface area contributed by atoms with Crippen molar-refractivity contribution in [2.75, 3.05) is 12.8 Å². The fourth-order valence-corrected chi connectivity index (χ4v) is 5.18. The molecule has 0 aliphatic rings. The van der Waals surface area contributed by atoms with E-state index < -0.39 is 0 Å². The third-order valence-corrected chi connectivity index (χ3v) is 7.24. The maximum absolute atomic E-state index is 13.1. The van der Waals surface area contributed by atoms with Gasteiger partial charge in [-0.15, -0.1) is 11.3 Å². The van der Waals surface area contributed by atoms with Crippen LogP contribution in [0.25, 0.3) is 32.6 Å². The Kier molecular flexibility index (Phi) is 6.40. The van der Waals surface area contributed by atoms with E-state index in [1.165, 1.54) is 11.3 Å². The molecule has 0 unspecified atom stereocenters. The normalized spacial score (nSPS) is 10.9. The highest BCUT2D eigenvalue weighted by Crippen LogP contribution is 2.41. The predicted octanol–water partition coefficient (Wildman–Crippen LogP) is 6.80. The van der Waals surface area contributed by atoms with Crippen molar-refractivity contribution >= 4 is 44.7 Å². The van der Waals surface area contributed by atoms with Crippen molar-refractivity contribution in [1.29, 1.82) is 0 Å². The van der Waals surface area contributed by atoms with Crippen molar-refractivity contribution in [2.45, 2.75) is 6.54 Å². The standard InChI is InChI=1S/C28H22ClN3O2S/c1-34-20-13-11-17(12-14-20)21-15-23(18-7-3-2-4-8-18)32-28-24(21)25(30)26(35-28)27(33)31-16-19-9-5-6-10-22(19)29/h2-15H,16,30H2,1H3,(H,31,33). The second-order valence-electron chi connectivity index (χ2n) is 7.95. The highest BCUT2D eigenvalue weighted by molar-refractivity contribution is 7.21. The van der Waals surface area contributed by atoms with Gasteiger partial charge in [-0.3, -0.25) is 4.79 Å². The van der Waals surface area contributed by atoms with Crippen molar-refractivity contribution in [1.82, 2.24) is 10.3 Å². The molecule has 35 heavy (non-hydrogen) atoms. The third kappa shape index (κ3) is 4.58. The lowest BCUT2D eigenvalue weighted by atomic mass is 9.99. The van der Waals surface area contributed by atoms with Gasteiger partial charge in [0.2, 0.25) is 0 Å². The average Bonchev–Trinajstić information content (AvgIpc) is 3.24. The van der Waals surface area contributed by atoms with Crippen LogP contribution >= 0.6 is 22.9 Å². The highest BCUT2D eigenvalue weighted by Gasteiger charge is 2.22. The van der Waals surface area contributed by atoms with Gasteiger partial charge in [0.25, 0.3) is 5.91 Å². The molecule has 3 N–H and O–H groups in total. The number of carbonyl (C=O) groups excluding carboxylic acids is 1. The minimum absolute atomic E-state index is 0.257. The Labute approximate surface area is 212 Å². The van der Waals surface area contributed by atoms with Crippen molar-refractivity contribution in [3.63, 3.8) is 0 Å². The summed E-state index contributed by atoms with van der Waals surface area (Å²) in [6, 6.07) is 27.2. The molecule has 0 bridgehead atoms. The molecule has 0 atom stereocenters. The largest absolute Gasteiger partial charge is 0.497 e. The molecule has 0 spiro atoms. The van der Waals surface area contributed by atoms with E-state index in [0.717, 1.165) is 39.1 Å². The summed E-state index contributed by atoms with van der Waals surface area (Å²) in [5.74, 6) is 0.507. The Balaban J connectivity index is 1.60. The first kappa shape index (κ1) is 22.9. The quantitative estimate of drug-likeness (QED) is 0.269. The fraction of sp³-hybridized carbons (Fsp3) is 0.0714. The number of methoxy groups -OCH3 is 1. The number of fused-ring (bicyclic) bond motifs is 1. The van der Waals surface area contributed by atoms with Crippen molar-refractivity contribution in [3.8, 4) is 28.1 Å². The number of halogens is 1. The number of carbonyl (C=O) groups is 1. The predicted molar refractivity (Wildman–Crippen MR) is 144 cm³/mol. The first-order valence-corrected chi connectivity index (χ1v) is 12.2. The van der Waals surface area contributed by atoms with Crippen LogP contribution < -0.4 is 15.8 Å². The second kappa shape index (κ2) is 9.78. The number of anilines is 1. The first-order valence-electron chi connectivity index (χ1n) is 11.0. The van der Waals surface area contributed by atoms with Gasteiger partial charge < -0.3 is 15.8 Å². The van der Waals surface area contributed by atoms with Crippen LogP contribution in [0.1, 0.15) is 15.2 Å². The molecule has 1 amide bonds. The number of benzene rings is 3. The van der Waals surface area contributed by atoms with Crippen LogP contribution in [0.3, 0.4) is 0 Å². The number of nitrogen functional groups attached to an aromatic ring is 1. The van der Waals surface area contributed by atoms with Gasteiger partial charge in [-0.1, -0.05) is 72.3 Å². The van der Waals surface area contributed by atoms with Gasteiger partial charge in [0.1, 0.15) is 15.5 Å². The van der Waals surface area contributed by atoms with E-state index in [1.54, 1.807) is 13.2 Å². The van der Waals surface area contributed by atoms with Crippen molar-refractivity contribution < 1.29 is 9.53 Å². The molecule has 7 heteroatoms. The van der Waals surface area contributed by atoms with Crippen molar-refractivity contribution in [3.05, 3.63) is 100 Å². The molecule has 5 nitrogen and oxygen atoms in total. The van der Waals surface area contributed by atoms with Crippen molar-refractivity contribution in [2.24, 2.45) is 0 Å². The molecule has 0 saturated carbocycles. The highest BCUT2D eigenvalue weighted by atomic mass is 35.5. The number of rotatable bonds is 6. The number of aromatic nitrogens is 1. The minimum atomic E-state index is -0.257. The summed E-state index contributed by atoms with van der Waals surface area (Å²) in [6.45, 7) is 0.306. The average molecular weight is 500 g/mol. The zero-order chi connectivity index (χ0) is 24.4. The van der Waals surface area contributed by atoms with Crippen LogP contribution in [-0.4, -0.2) is 18.0 Å². The fourth-order valence-electron chi connectivity index (χ4n) is 3.94. The van der Waals surface area contributed by atoms with Crippen LogP contribution in [0.2, 0.25) is 5.02 Å². The number of amides is 1. The van der Waals surface area contributed by atoms with Crippen LogP contribution in [0, 0.1) is 0 Å². The topological polar surface area (TPSA) is 77.2 Å². The Morgan fingerprint density at radius 3 is 2.43 bits per heavy atom. The smallest absolute Gasteiger partial charge is 0.263 e. The number of nitrogens with two attached hydrogens (primary N) is 1. The summed E-state index contributed by atoms with van der Waals surface area (Å²) >= 11 is 7.53. The van der Waals surface area contributed by atoms with E-state index in [1.807, 2.05) is 78.9 Å². The van der Waals surface area contributed by atoms with E-state index in [2.05, 4.69) is 5.32 Å². The number of hydrogen-bond acceptors (Lipinski definition) is 5. The molecule has 0 fully saturated rings. The molecule has 0 aliphatic heterocycles. The Morgan fingerprint density at radius 1 is 1.00 bits per heavy atom. The lowest BCUT2D eigenvalue weighted by Crippen LogP contribution is -2.22. The molecule has 0 radical (unpaired) electrons. The van der Waals surface area contributed by atoms with E-state index in [-0.39, 0.29) is 5.91 Å². The number of nitrogens with zero attached hydrogens (tertiary/aromatic N) is 1. The van der Waals surface area contributed by atoms with Crippen LogP contribution in [0.4, 0.5) is 5.69 Å². The maximum atomic E-state index is 13.1. The zero-order valence-electron chi connectivity index (χ0n) is 18.9. The molecule has 3 aromatic carbocycles. The monoisotopic (exact) mass is 499 g/mol. The number of thiophene rings is 1. The van der Waals surface area contributed by atoms with E-state index in [9.17, 15) is 4.79 Å². The van der Waals surface area contributed by atoms with Crippen LogP contribution in [0.5, 0.6) is 5.75 Å². The first-order chi connectivity index (χ1) is 17.0. The summed E-state index contributed by atoms with van der Waals surface area (Å²) in [4.78, 5) is 19.1. The third-order valence-electron chi connectivity index (χ3n) is 5.77. The van der Waals surface area contributed by atoms with E-state index in [0.29, 0.717) is 27.0 Å². The number of pyridine rings is 1. The Bertz CT molecular complexity index is 1520. The summed E-state index contributed by atoms with van der Waals surface area (Å²) in [5, 5.41) is 4.31. The summed E-state index contributed by atoms with van der Waals surface area (Å²) < 4.78 is 5.32. The molecule has 5 rings (SSSR count). The van der Waals surface area contributed by atoms with Gasteiger partial charge >= 0.3 is 0 Å². The molecular weight excluding hydrogens is 478 g/mol. The van der Waals surface area contributed by atoms with Crippen LogP contribution in [0.15, 0.2) is 84.9 Å². The molecule has 2 aromatic heterocycles. The van der Waals surface area contributed by atoms with Gasteiger partial charge in [0.05, 0.1) is 18.5 Å². The van der Waals surface area contributed by atoms with Gasteiger partial charge in [-0.25, -0.2) is 4.98 Å². The van der Waals surface area contributed by atoms with Gasteiger partial charge in [-0.2, -0.15) is 0 Å². The lowest BCUT2D eigenvalue weighted by molar-refractivity contribution is 0.0956. The maximum Gasteiger partial charge on any atom is 0.263 e. The molecular formula is C28H22ClN3O2S. The summed E-state index contributed by atoms with van der Waals surface area (Å²) in [5.41, 5.74) is 11.5. The van der Waals surface area contributed by atoms with Gasteiger partial charge in [-0.05, 0) is 41.0 Å². The Morgan fingerprint density at radius 2 is 1.71 bits per heavy atom. The molecule has 2 heterocycles. The van der Waals surface area contributed by atoms with Crippen LogP contribution in [-0.2, 0) is 6.54 Å². The van der Waals surface area contributed by atoms with Gasteiger partial charge in [0, 0.05) is 22.5 Å². The second-order valence-corrected chi connectivity index (χ2v) is 9.35. The minimum Gasteiger partial charge on any atom is -0.497 e. The zero-order valence-corrected chi connectivity index (χ0v) is 20.5. The lowest BCUT2D eigenvalue weighted by Gasteiger charge is -2.10. The number of ether oxygens (including phenoxy) is 1.